The standard InChI is InChI=1S/C22H18N4O2/c23-22(28)18-7-3-4-8-19(18)24-13-15-9-10-26(21(27)11-15)20-12-16-5-1-2-6-17(16)14-25-20/h1-12,14,24H,13H2,(H2,23,28). The van der Waals surface area contributed by atoms with Crippen molar-refractivity contribution in [3.63, 3.8) is 0 Å². The lowest BCUT2D eigenvalue weighted by atomic mass is 10.1. The van der Waals surface area contributed by atoms with Gasteiger partial charge < -0.3 is 11.1 Å². The molecule has 0 atom stereocenters. The van der Waals surface area contributed by atoms with Gasteiger partial charge in [0.2, 0.25) is 0 Å². The predicted molar refractivity (Wildman–Crippen MR) is 110 cm³/mol. The number of nitrogens with two attached hydrogens (primary N) is 1. The first-order chi connectivity index (χ1) is 13.6. The molecule has 6 nitrogen and oxygen atoms in total. The summed E-state index contributed by atoms with van der Waals surface area (Å²) in [5.74, 6) is 0.0724. The zero-order valence-electron chi connectivity index (χ0n) is 15.0. The number of hydrogen-bond acceptors (Lipinski definition) is 4. The van der Waals surface area contributed by atoms with E-state index in [-0.39, 0.29) is 5.56 Å². The van der Waals surface area contributed by atoms with Gasteiger partial charge >= 0.3 is 0 Å². The van der Waals surface area contributed by atoms with Crippen molar-refractivity contribution in [3.05, 3.63) is 101 Å². The number of nitrogens with one attached hydrogen (secondary N) is 1. The van der Waals surface area contributed by atoms with Gasteiger partial charge in [-0.05, 0) is 35.2 Å². The number of para-hydroxylation sites is 1. The number of rotatable bonds is 5. The van der Waals surface area contributed by atoms with Crippen molar-refractivity contribution in [1.29, 1.82) is 0 Å². The number of nitrogens with zero attached hydrogens (tertiary/aromatic N) is 2. The first-order valence-corrected chi connectivity index (χ1v) is 8.81. The lowest BCUT2D eigenvalue weighted by Gasteiger charge is -2.11. The molecule has 0 fully saturated rings. The molecule has 0 unspecified atom stereocenters. The number of benzene rings is 2. The topological polar surface area (TPSA) is 90.0 Å². The maximum absolute atomic E-state index is 12.6. The second-order valence-corrected chi connectivity index (χ2v) is 6.40. The monoisotopic (exact) mass is 370 g/mol. The van der Waals surface area contributed by atoms with Gasteiger partial charge in [-0.1, -0.05) is 36.4 Å². The Hall–Kier alpha value is -3.93. The van der Waals surface area contributed by atoms with Crippen LogP contribution in [0.3, 0.4) is 0 Å². The average molecular weight is 370 g/mol. The lowest BCUT2D eigenvalue weighted by molar-refractivity contribution is 0.100. The van der Waals surface area contributed by atoms with Crippen LogP contribution in [0.15, 0.2) is 83.9 Å². The van der Waals surface area contributed by atoms with Gasteiger partial charge in [0.15, 0.2) is 0 Å². The minimum atomic E-state index is -0.499. The van der Waals surface area contributed by atoms with E-state index in [1.54, 1.807) is 36.7 Å². The predicted octanol–water partition coefficient (Wildman–Crippen LogP) is 3.10. The van der Waals surface area contributed by atoms with Crippen LogP contribution in [0.5, 0.6) is 0 Å². The molecule has 1 amide bonds. The molecule has 0 aliphatic carbocycles. The number of aromatic nitrogens is 2. The second kappa shape index (κ2) is 7.36. The van der Waals surface area contributed by atoms with E-state index in [2.05, 4.69) is 10.3 Å². The van der Waals surface area contributed by atoms with Gasteiger partial charge in [-0.3, -0.25) is 14.2 Å². The van der Waals surface area contributed by atoms with E-state index in [1.165, 1.54) is 4.57 Å². The Balaban J connectivity index is 1.58. The molecular weight excluding hydrogens is 352 g/mol. The highest BCUT2D eigenvalue weighted by Crippen LogP contribution is 2.17. The summed E-state index contributed by atoms with van der Waals surface area (Å²) in [7, 11) is 0. The molecular formula is C22H18N4O2. The molecule has 0 radical (unpaired) electrons. The van der Waals surface area contributed by atoms with E-state index in [1.807, 2.05) is 42.5 Å². The number of primary amides is 1. The van der Waals surface area contributed by atoms with E-state index in [0.717, 1.165) is 16.3 Å². The van der Waals surface area contributed by atoms with Gasteiger partial charge in [0, 0.05) is 36.1 Å². The molecule has 6 heteroatoms. The van der Waals surface area contributed by atoms with Crippen LogP contribution in [0.25, 0.3) is 16.6 Å². The van der Waals surface area contributed by atoms with Crippen molar-refractivity contribution < 1.29 is 4.79 Å². The minimum Gasteiger partial charge on any atom is -0.380 e. The summed E-state index contributed by atoms with van der Waals surface area (Å²) < 4.78 is 1.51. The fourth-order valence-electron chi connectivity index (χ4n) is 3.07. The Labute approximate surface area is 161 Å². The fraction of sp³-hybridized carbons (Fsp3) is 0.0455. The summed E-state index contributed by atoms with van der Waals surface area (Å²) in [5, 5.41) is 5.20. The highest BCUT2D eigenvalue weighted by molar-refractivity contribution is 5.98. The van der Waals surface area contributed by atoms with Crippen molar-refractivity contribution >= 4 is 22.4 Å². The summed E-state index contributed by atoms with van der Waals surface area (Å²) in [6.45, 7) is 0.394. The number of fused-ring (bicyclic) bond motifs is 1. The summed E-state index contributed by atoms with van der Waals surface area (Å²) in [4.78, 5) is 28.5. The Kier molecular flexibility index (Phi) is 4.60. The number of carbonyl (C=O) groups is 1. The first-order valence-electron chi connectivity index (χ1n) is 8.81. The van der Waals surface area contributed by atoms with Crippen LogP contribution in [0.2, 0.25) is 0 Å². The maximum Gasteiger partial charge on any atom is 0.256 e. The van der Waals surface area contributed by atoms with Crippen molar-refractivity contribution in [2.75, 3.05) is 5.32 Å². The Morgan fingerprint density at radius 2 is 1.75 bits per heavy atom. The molecule has 138 valence electrons. The highest BCUT2D eigenvalue weighted by atomic mass is 16.1. The van der Waals surface area contributed by atoms with Crippen LogP contribution in [0.1, 0.15) is 15.9 Å². The van der Waals surface area contributed by atoms with Crippen molar-refractivity contribution in [1.82, 2.24) is 9.55 Å². The molecule has 2 aromatic carbocycles. The van der Waals surface area contributed by atoms with Gasteiger partial charge in [0.1, 0.15) is 5.82 Å². The third-order valence-electron chi connectivity index (χ3n) is 4.52. The van der Waals surface area contributed by atoms with E-state index in [4.69, 9.17) is 5.73 Å². The minimum absolute atomic E-state index is 0.176. The average Bonchev–Trinajstić information content (AvgIpc) is 2.72. The Morgan fingerprint density at radius 3 is 2.54 bits per heavy atom. The van der Waals surface area contributed by atoms with Crippen LogP contribution in [-0.4, -0.2) is 15.5 Å². The van der Waals surface area contributed by atoms with Crippen molar-refractivity contribution in [2.24, 2.45) is 5.73 Å². The van der Waals surface area contributed by atoms with Crippen LogP contribution in [0.4, 0.5) is 5.69 Å². The smallest absolute Gasteiger partial charge is 0.256 e. The molecule has 0 aliphatic rings. The van der Waals surface area contributed by atoms with Crippen LogP contribution in [-0.2, 0) is 6.54 Å². The molecule has 2 heterocycles. The van der Waals surface area contributed by atoms with Gasteiger partial charge in [-0.15, -0.1) is 0 Å². The molecule has 3 N–H and O–H groups in total. The number of carbonyl (C=O) groups excluding carboxylic acids is 1. The largest absolute Gasteiger partial charge is 0.380 e. The number of anilines is 1. The van der Waals surface area contributed by atoms with Crippen molar-refractivity contribution in [2.45, 2.75) is 6.54 Å². The first kappa shape index (κ1) is 17.5. The van der Waals surface area contributed by atoms with E-state index in [9.17, 15) is 9.59 Å². The summed E-state index contributed by atoms with van der Waals surface area (Å²) >= 11 is 0. The molecule has 2 aromatic heterocycles. The number of amides is 1. The second-order valence-electron chi connectivity index (χ2n) is 6.40. The molecule has 4 rings (SSSR count). The molecule has 28 heavy (non-hydrogen) atoms. The molecule has 0 bridgehead atoms. The van der Waals surface area contributed by atoms with Gasteiger partial charge in [0.05, 0.1) is 5.56 Å². The number of hydrogen-bond donors (Lipinski definition) is 2. The molecule has 0 spiro atoms. The van der Waals surface area contributed by atoms with E-state index in [0.29, 0.717) is 23.6 Å². The van der Waals surface area contributed by atoms with Crippen molar-refractivity contribution in [3.8, 4) is 5.82 Å². The molecule has 0 saturated carbocycles. The van der Waals surface area contributed by atoms with Crippen LogP contribution >= 0.6 is 0 Å². The summed E-state index contributed by atoms with van der Waals surface area (Å²) in [6.07, 6.45) is 3.46. The van der Waals surface area contributed by atoms with Gasteiger partial charge in [-0.25, -0.2) is 4.98 Å². The third-order valence-corrected chi connectivity index (χ3v) is 4.52. The Bertz CT molecular complexity index is 1230. The highest BCUT2D eigenvalue weighted by Gasteiger charge is 2.08. The summed E-state index contributed by atoms with van der Waals surface area (Å²) in [6, 6.07) is 20.2. The SMILES string of the molecule is NC(=O)c1ccccc1NCc1ccn(-c2cc3ccccc3cn2)c(=O)c1. The number of pyridine rings is 2. The summed E-state index contributed by atoms with van der Waals surface area (Å²) in [5.41, 5.74) is 7.06. The maximum atomic E-state index is 12.6. The third kappa shape index (κ3) is 3.48. The molecule has 4 aromatic rings. The van der Waals surface area contributed by atoms with Gasteiger partial charge in [0.25, 0.3) is 11.5 Å². The zero-order chi connectivity index (χ0) is 19.5. The fourth-order valence-corrected chi connectivity index (χ4v) is 3.07. The molecule has 0 aliphatic heterocycles. The van der Waals surface area contributed by atoms with Crippen LogP contribution < -0.4 is 16.6 Å². The van der Waals surface area contributed by atoms with E-state index >= 15 is 0 Å². The molecule has 0 saturated heterocycles. The normalized spacial score (nSPS) is 10.7. The zero-order valence-corrected chi connectivity index (χ0v) is 15.0. The lowest BCUT2D eigenvalue weighted by Crippen LogP contribution is -2.19. The Morgan fingerprint density at radius 1 is 1.00 bits per heavy atom. The van der Waals surface area contributed by atoms with Gasteiger partial charge in [-0.2, -0.15) is 0 Å². The van der Waals surface area contributed by atoms with E-state index < -0.39 is 5.91 Å². The quantitative estimate of drug-likeness (QED) is 0.565. The van der Waals surface area contributed by atoms with Crippen LogP contribution in [0, 0.1) is 0 Å².